The molecule has 0 saturated carbocycles. The highest BCUT2D eigenvalue weighted by Gasteiger charge is 2.33. The van der Waals surface area contributed by atoms with E-state index in [-0.39, 0.29) is 5.91 Å². The van der Waals surface area contributed by atoms with Gasteiger partial charge >= 0.3 is 0 Å². The molecule has 1 saturated heterocycles. The molecular formula is C23H28N4O3S. The highest BCUT2D eigenvalue weighted by Crippen LogP contribution is 2.28. The van der Waals surface area contributed by atoms with Crippen LogP contribution in [-0.2, 0) is 16.1 Å². The van der Waals surface area contributed by atoms with Crippen LogP contribution in [0.1, 0.15) is 36.8 Å². The van der Waals surface area contributed by atoms with Crippen LogP contribution in [0.3, 0.4) is 0 Å². The number of methoxy groups -OCH3 is 1. The minimum atomic E-state index is -0.425. The monoisotopic (exact) mass is 440 g/mol. The molecule has 0 bridgehead atoms. The highest BCUT2D eigenvalue weighted by molar-refractivity contribution is 7.13. The summed E-state index contributed by atoms with van der Waals surface area (Å²) in [5.41, 5.74) is 0.965. The van der Waals surface area contributed by atoms with Gasteiger partial charge in [-0.15, -0.1) is 21.5 Å². The zero-order chi connectivity index (χ0) is 21.5. The molecule has 8 heteroatoms. The minimum absolute atomic E-state index is 0.125. The Kier molecular flexibility index (Phi) is 7.45. The third-order valence-electron chi connectivity index (χ3n) is 5.50. The topological polar surface area (TPSA) is 71.7 Å². The highest BCUT2D eigenvalue weighted by atomic mass is 32.1. The van der Waals surface area contributed by atoms with Gasteiger partial charge in [-0.3, -0.25) is 9.69 Å². The van der Waals surface area contributed by atoms with Crippen molar-refractivity contribution in [3.05, 3.63) is 59.3 Å². The molecule has 2 aromatic heterocycles. The largest absolute Gasteiger partial charge is 0.419 e. The number of amides is 1. The van der Waals surface area contributed by atoms with Crippen LogP contribution in [0.5, 0.6) is 0 Å². The standard InChI is InChI=1S/C23H28N4O3S/c1-29-15-14-27(17-20-24-25-22(30-20)19-11-8-16-31-19)21(18-9-4-2-5-10-18)23(28)26-12-6-3-7-13-26/h2,4-5,8-11,16,21H,3,6-7,12-15,17H2,1H3. The van der Waals surface area contributed by atoms with Crippen LogP contribution in [-0.4, -0.2) is 59.3 Å². The molecule has 7 nitrogen and oxygen atoms in total. The van der Waals surface area contributed by atoms with E-state index in [1.54, 1.807) is 18.4 Å². The van der Waals surface area contributed by atoms with Gasteiger partial charge in [0.2, 0.25) is 11.8 Å². The first-order valence-electron chi connectivity index (χ1n) is 10.7. The van der Waals surface area contributed by atoms with Gasteiger partial charge in [0.05, 0.1) is 18.0 Å². The van der Waals surface area contributed by atoms with Gasteiger partial charge < -0.3 is 14.1 Å². The van der Waals surface area contributed by atoms with Gasteiger partial charge in [-0.1, -0.05) is 36.4 Å². The molecule has 0 spiro atoms. The number of benzene rings is 1. The van der Waals surface area contributed by atoms with Crippen molar-refractivity contribution in [3.8, 4) is 10.8 Å². The third-order valence-corrected chi connectivity index (χ3v) is 6.36. The summed E-state index contributed by atoms with van der Waals surface area (Å²) in [4.78, 5) is 18.7. The Hall–Kier alpha value is -2.55. The number of ether oxygens (including phenoxy) is 1. The van der Waals surface area contributed by atoms with E-state index in [2.05, 4.69) is 15.1 Å². The van der Waals surface area contributed by atoms with Crippen molar-refractivity contribution in [1.29, 1.82) is 0 Å². The molecule has 1 atom stereocenters. The van der Waals surface area contributed by atoms with E-state index in [0.717, 1.165) is 36.4 Å². The third kappa shape index (κ3) is 5.39. The average molecular weight is 441 g/mol. The van der Waals surface area contributed by atoms with Gasteiger partial charge in [0.25, 0.3) is 5.89 Å². The minimum Gasteiger partial charge on any atom is -0.419 e. The number of hydrogen-bond acceptors (Lipinski definition) is 7. The van der Waals surface area contributed by atoms with Crippen LogP contribution in [0.15, 0.2) is 52.3 Å². The van der Waals surface area contributed by atoms with Crippen LogP contribution in [0.2, 0.25) is 0 Å². The number of carbonyl (C=O) groups excluding carboxylic acids is 1. The average Bonchev–Trinajstić information content (AvgIpc) is 3.51. The first-order valence-corrected chi connectivity index (χ1v) is 11.6. The molecular weight excluding hydrogens is 412 g/mol. The predicted molar refractivity (Wildman–Crippen MR) is 120 cm³/mol. The second-order valence-corrected chi connectivity index (χ2v) is 8.59. The fraction of sp³-hybridized carbons (Fsp3) is 0.435. The van der Waals surface area contributed by atoms with Gasteiger partial charge in [-0.2, -0.15) is 0 Å². The maximum Gasteiger partial charge on any atom is 0.257 e. The molecule has 1 unspecified atom stereocenters. The molecule has 3 heterocycles. The van der Waals surface area contributed by atoms with Crippen molar-refractivity contribution in [2.24, 2.45) is 0 Å². The van der Waals surface area contributed by atoms with E-state index in [0.29, 0.717) is 31.5 Å². The Morgan fingerprint density at radius 1 is 1.16 bits per heavy atom. The molecule has 1 aliphatic rings. The Balaban J connectivity index is 1.61. The number of piperidine rings is 1. The molecule has 1 aliphatic heterocycles. The number of nitrogens with zero attached hydrogens (tertiary/aromatic N) is 4. The van der Waals surface area contributed by atoms with E-state index in [1.807, 2.05) is 52.7 Å². The summed E-state index contributed by atoms with van der Waals surface area (Å²) < 4.78 is 11.3. The second kappa shape index (κ2) is 10.7. The maximum atomic E-state index is 13.7. The maximum absolute atomic E-state index is 13.7. The van der Waals surface area contributed by atoms with Crippen molar-refractivity contribution in [2.75, 3.05) is 33.4 Å². The molecule has 164 valence electrons. The molecule has 31 heavy (non-hydrogen) atoms. The van der Waals surface area contributed by atoms with E-state index < -0.39 is 6.04 Å². The van der Waals surface area contributed by atoms with Crippen LogP contribution in [0, 0.1) is 0 Å². The van der Waals surface area contributed by atoms with Crippen molar-refractivity contribution in [2.45, 2.75) is 31.8 Å². The molecule has 3 aromatic rings. The number of aromatic nitrogens is 2. The van der Waals surface area contributed by atoms with Crippen LogP contribution < -0.4 is 0 Å². The van der Waals surface area contributed by atoms with Crippen molar-refractivity contribution in [1.82, 2.24) is 20.0 Å². The fourth-order valence-corrected chi connectivity index (χ4v) is 4.58. The van der Waals surface area contributed by atoms with Gasteiger partial charge in [0.1, 0.15) is 6.04 Å². The summed E-state index contributed by atoms with van der Waals surface area (Å²) in [7, 11) is 1.67. The van der Waals surface area contributed by atoms with Crippen LogP contribution in [0.4, 0.5) is 0 Å². The van der Waals surface area contributed by atoms with Gasteiger partial charge in [-0.25, -0.2) is 0 Å². The number of rotatable bonds is 9. The first kappa shape index (κ1) is 21.7. The molecule has 0 N–H and O–H groups in total. The zero-order valence-corrected chi connectivity index (χ0v) is 18.6. The summed E-state index contributed by atoms with van der Waals surface area (Å²) in [6.45, 7) is 3.07. The molecule has 0 aliphatic carbocycles. The number of carbonyl (C=O) groups is 1. The van der Waals surface area contributed by atoms with E-state index in [9.17, 15) is 4.79 Å². The number of thiophene rings is 1. The number of hydrogen-bond donors (Lipinski definition) is 0. The van der Waals surface area contributed by atoms with Gasteiger partial charge in [0.15, 0.2) is 0 Å². The van der Waals surface area contributed by atoms with E-state index in [4.69, 9.17) is 9.15 Å². The van der Waals surface area contributed by atoms with Gasteiger partial charge in [-0.05, 0) is 36.3 Å². The summed E-state index contributed by atoms with van der Waals surface area (Å²) in [6, 6.07) is 13.4. The van der Waals surface area contributed by atoms with E-state index in [1.165, 1.54) is 6.42 Å². The summed E-state index contributed by atoms with van der Waals surface area (Å²) in [6.07, 6.45) is 3.29. The van der Waals surface area contributed by atoms with Crippen LogP contribution >= 0.6 is 11.3 Å². The lowest BCUT2D eigenvalue weighted by molar-refractivity contribution is -0.139. The lowest BCUT2D eigenvalue weighted by atomic mass is 10.0. The SMILES string of the molecule is COCCN(Cc1nnc(-c2cccs2)o1)C(C(=O)N1CCCCC1)c1ccccc1. The molecule has 1 fully saturated rings. The van der Waals surface area contributed by atoms with Crippen molar-refractivity contribution < 1.29 is 13.9 Å². The molecule has 0 radical (unpaired) electrons. The Morgan fingerprint density at radius 2 is 1.97 bits per heavy atom. The Morgan fingerprint density at radius 3 is 2.68 bits per heavy atom. The molecule has 1 aromatic carbocycles. The number of likely N-dealkylation sites (tertiary alicyclic amines) is 1. The molecule has 4 rings (SSSR count). The Bertz CT molecular complexity index is 939. The van der Waals surface area contributed by atoms with Crippen molar-refractivity contribution in [3.63, 3.8) is 0 Å². The smallest absolute Gasteiger partial charge is 0.257 e. The Labute approximate surface area is 186 Å². The first-order chi connectivity index (χ1) is 15.3. The van der Waals surface area contributed by atoms with Crippen LogP contribution in [0.25, 0.3) is 10.8 Å². The normalized spacial score (nSPS) is 15.4. The lowest BCUT2D eigenvalue weighted by Gasteiger charge is -2.36. The van der Waals surface area contributed by atoms with Crippen molar-refractivity contribution >= 4 is 17.2 Å². The summed E-state index contributed by atoms with van der Waals surface area (Å²) >= 11 is 1.56. The quantitative estimate of drug-likeness (QED) is 0.501. The van der Waals surface area contributed by atoms with E-state index >= 15 is 0 Å². The molecule has 1 amide bonds. The summed E-state index contributed by atoms with van der Waals surface area (Å²) in [5, 5.41) is 10.4. The zero-order valence-electron chi connectivity index (χ0n) is 17.8. The predicted octanol–water partition coefficient (Wildman–Crippen LogP) is 4.00. The summed E-state index contributed by atoms with van der Waals surface area (Å²) in [5.74, 6) is 1.13. The lowest BCUT2D eigenvalue weighted by Crippen LogP contribution is -2.45. The fourth-order valence-electron chi connectivity index (χ4n) is 3.93. The second-order valence-electron chi connectivity index (χ2n) is 7.64. The van der Waals surface area contributed by atoms with Gasteiger partial charge in [0, 0.05) is 26.7 Å².